The summed E-state index contributed by atoms with van der Waals surface area (Å²) in [6.07, 6.45) is 8.47. The Morgan fingerprint density at radius 2 is 1.64 bits per heavy atom. The molecule has 0 unspecified atom stereocenters. The van der Waals surface area contributed by atoms with Gasteiger partial charge < -0.3 is 59.8 Å². The first-order chi connectivity index (χ1) is 35.3. The highest BCUT2D eigenvalue weighted by atomic mass is 32.1. The maximum atomic E-state index is 14.0. The summed E-state index contributed by atoms with van der Waals surface area (Å²) in [7, 11) is 0. The summed E-state index contributed by atoms with van der Waals surface area (Å²) >= 11 is 1.57. The molecule has 1 saturated heterocycles. The van der Waals surface area contributed by atoms with Gasteiger partial charge in [0, 0.05) is 55.4 Å². The van der Waals surface area contributed by atoms with E-state index in [1.54, 1.807) is 11.3 Å². The molecule has 6 aromatic rings. The number of H-pyrrole nitrogens is 1. The number of hydrogen-bond donors (Lipinski definition) is 6. The van der Waals surface area contributed by atoms with E-state index in [9.17, 15) is 24.3 Å². The van der Waals surface area contributed by atoms with E-state index in [2.05, 4.69) is 40.8 Å². The van der Waals surface area contributed by atoms with Crippen molar-refractivity contribution in [2.45, 2.75) is 104 Å². The summed E-state index contributed by atoms with van der Waals surface area (Å²) in [5.41, 5.74) is 6.17. The van der Waals surface area contributed by atoms with Crippen molar-refractivity contribution in [1.82, 2.24) is 40.0 Å². The lowest BCUT2D eigenvalue weighted by Crippen LogP contribution is -2.58. The molecular formula is C53H68N10O9S. The van der Waals surface area contributed by atoms with Gasteiger partial charge in [-0.15, -0.1) is 11.3 Å². The minimum absolute atomic E-state index is 0.0182. The third-order valence-electron chi connectivity index (χ3n) is 13.2. The van der Waals surface area contributed by atoms with E-state index in [1.807, 2.05) is 94.0 Å². The third kappa shape index (κ3) is 14.1. The zero-order valence-electron chi connectivity index (χ0n) is 42.1. The zero-order valence-corrected chi connectivity index (χ0v) is 42.9. The van der Waals surface area contributed by atoms with Crippen LogP contribution >= 0.6 is 11.3 Å². The number of hydrogen-bond acceptors (Lipinski definition) is 15. The number of thiazole rings is 1. The smallest absolute Gasteiger partial charge is 0.262 e. The molecule has 19 nitrogen and oxygen atoms in total. The van der Waals surface area contributed by atoms with E-state index in [0.717, 1.165) is 51.1 Å². The number of likely N-dealkylation sites (tertiary alicyclic amines) is 1. The number of nitrogens with zero attached hydrogens (tertiary/aromatic N) is 5. The van der Waals surface area contributed by atoms with Crippen molar-refractivity contribution in [1.29, 1.82) is 0 Å². The maximum Gasteiger partial charge on any atom is 0.262 e. The van der Waals surface area contributed by atoms with Crippen molar-refractivity contribution in [3.63, 3.8) is 0 Å². The molecule has 6 N–H and O–H groups in total. The summed E-state index contributed by atoms with van der Waals surface area (Å²) in [6.45, 7) is 10.4. The first kappa shape index (κ1) is 53.0. The molecule has 0 bridgehead atoms. The number of benzene rings is 2. The molecule has 0 radical (unpaired) electrons. The lowest BCUT2D eigenvalue weighted by atomic mass is 9.85. The number of nitrogens with one attached hydrogen (secondary N) is 5. The Morgan fingerprint density at radius 3 is 2.36 bits per heavy atom. The van der Waals surface area contributed by atoms with Crippen LogP contribution in [-0.2, 0) is 46.4 Å². The first-order valence-corrected chi connectivity index (χ1v) is 26.1. The second kappa shape index (κ2) is 25.1. The molecule has 2 fully saturated rings. The minimum Gasteiger partial charge on any atom is -0.391 e. The monoisotopic (exact) mass is 1020 g/mol. The number of aromatic amines is 1. The van der Waals surface area contributed by atoms with Crippen LogP contribution in [0.1, 0.15) is 70.6 Å². The van der Waals surface area contributed by atoms with Gasteiger partial charge in [0.15, 0.2) is 0 Å². The molecule has 390 valence electrons. The standard InChI is InChI=1S/C53H68N10O9S/c1-34-47(73-33-57-34)36-15-13-35(14-16-36)29-54-50(66)43-27-38(64)30-63(43)52(68)48(53(2,3)4)61-45(65)31-72-26-25-71-24-23-70-22-21-69-20-19-62-18-17-39-40(11-8-12-42(39)62)59-49-46-41(55-32-56-51(46)67)28-44(60-49)58-37-9-6-5-7-10-37/h8,11-18,28,32-33,37-38,43,48,64H,5-7,9-10,19-27,29-31H2,1-4H3,(H,54,66)(H,61,65)(H,55,56,67)(H2,58,59,60)/t38-,43+,48-/m1/s1. The van der Waals surface area contributed by atoms with Crippen LogP contribution in [0, 0.1) is 12.3 Å². The number of pyridine rings is 1. The Kier molecular flexibility index (Phi) is 18.2. The highest BCUT2D eigenvalue weighted by molar-refractivity contribution is 7.13. The minimum atomic E-state index is -0.968. The Bertz CT molecular complexity index is 2860. The second-order valence-corrected chi connectivity index (χ2v) is 20.5. The van der Waals surface area contributed by atoms with Crippen LogP contribution < -0.4 is 26.8 Å². The fraction of sp³-hybridized carbons (Fsp3) is 0.491. The molecule has 3 amide bonds. The molecule has 4 aromatic heterocycles. The number of carbonyl (C=O) groups excluding carboxylic acids is 3. The zero-order chi connectivity index (χ0) is 51.3. The van der Waals surface area contributed by atoms with Crippen LogP contribution in [0.5, 0.6) is 0 Å². The highest BCUT2D eigenvalue weighted by Crippen LogP contribution is 2.32. The second-order valence-electron chi connectivity index (χ2n) is 19.7. The summed E-state index contributed by atoms with van der Waals surface area (Å²) in [5, 5.41) is 24.7. The van der Waals surface area contributed by atoms with Gasteiger partial charge in [-0.1, -0.05) is 70.4 Å². The Morgan fingerprint density at radius 1 is 0.918 bits per heavy atom. The predicted octanol–water partition coefficient (Wildman–Crippen LogP) is 6.07. The summed E-state index contributed by atoms with van der Waals surface area (Å²) in [4.78, 5) is 72.2. The van der Waals surface area contributed by atoms with Gasteiger partial charge >= 0.3 is 0 Å². The van der Waals surface area contributed by atoms with Gasteiger partial charge in [-0.25, -0.2) is 15.0 Å². The van der Waals surface area contributed by atoms with Crippen molar-refractivity contribution in [3.8, 4) is 10.4 Å². The number of carbonyl (C=O) groups is 3. The van der Waals surface area contributed by atoms with Gasteiger partial charge in [-0.05, 0) is 54.5 Å². The van der Waals surface area contributed by atoms with Crippen molar-refractivity contribution in [2.24, 2.45) is 5.41 Å². The van der Waals surface area contributed by atoms with Crippen molar-refractivity contribution >= 4 is 68.2 Å². The van der Waals surface area contributed by atoms with Gasteiger partial charge in [0.2, 0.25) is 17.7 Å². The fourth-order valence-corrected chi connectivity index (χ4v) is 10.1. The molecular weight excluding hydrogens is 953 g/mol. The van der Waals surface area contributed by atoms with E-state index >= 15 is 0 Å². The number of anilines is 3. The van der Waals surface area contributed by atoms with E-state index in [1.165, 1.54) is 30.5 Å². The van der Waals surface area contributed by atoms with Gasteiger partial charge in [-0.3, -0.25) is 19.2 Å². The van der Waals surface area contributed by atoms with Crippen LogP contribution in [-0.4, -0.2) is 136 Å². The summed E-state index contributed by atoms with van der Waals surface area (Å²) in [6, 6.07) is 16.2. The molecule has 1 saturated carbocycles. The molecule has 73 heavy (non-hydrogen) atoms. The van der Waals surface area contributed by atoms with Gasteiger partial charge in [0.25, 0.3) is 5.56 Å². The third-order valence-corrected chi connectivity index (χ3v) is 14.2. The Balaban J connectivity index is 0.700. The quantitative estimate of drug-likeness (QED) is 0.0378. The van der Waals surface area contributed by atoms with Crippen molar-refractivity contribution in [2.75, 3.05) is 70.0 Å². The van der Waals surface area contributed by atoms with E-state index in [4.69, 9.17) is 23.9 Å². The number of fused-ring (bicyclic) bond motifs is 2. The van der Waals surface area contributed by atoms with Gasteiger partial charge in [0.1, 0.15) is 35.7 Å². The molecule has 2 aromatic carbocycles. The van der Waals surface area contributed by atoms with Crippen molar-refractivity contribution < 1.29 is 38.4 Å². The van der Waals surface area contributed by atoms with E-state index in [-0.39, 0.29) is 50.8 Å². The number of aromatic nitrogens is 5. The lowest BCUT2D eigenvalue weighted by Gasteiger charge is -2.35. The molecule has 20 heteroatoms. The van der Waals surface area contributed by atoms with Crippen molar-refractivity contribution in [3.05, 3.63) is 94.2 Å². The number of β-amino-alcohol motifs (C(OH)–C–C–N with tert-alkyl or cyclic N) is 1. The van der Waals surface area contributed by atoms with Crippen LogP contribution in [0.4, 0.5) is 17.3 Å². The average molecular weight is 1020 g/mol. The van der Waals surface area contributed by atoms with Crippen LogP contribution in [0.3, 0.4) is 0 Å². The number of ether oxygens (including phenoxy) is 4. The lowest BCUT2D eigenvalue weighted by molar-refractivity contribution is -0.144. The number of rotatable bonds is 24. The van der Waals surface area contributed by atoms with E-state index in [0.29, 0.717) is 68.2 Å². The predicted molar refractivity (Wildman–Crippen MR) is 281 cm³/mol. The number of aliphatic hydroxyl groups is 1. The Labute approximate surface area is 428 Å². The number of aryl methyl sites for hydroxylation is 1. The van der Waals surface area contributed by atoms with Gasteiger partial charge in [0.05, 0.1) is 85.8 Å². The SMILES string of the molecule is Cc1ncsc1-c1ccc(CNC(=O)[C@@H]2C[C@@H](O)CN2C(=O)[C@@H](NC(=O)COCCOCCOCCOCCn2ccc3c(Nc4nc(NC5CCCCC5)cc5nc[nH]c(=O)c45)cccc32)C(C)(C)C)cc1. The average Bonchev–Trinajstić information content (AvgIpc) is 4.12. The van der Waals surface area contributed by atoms with Crippen LogP contribution in [0.25, 0.3) is 32.2 Å². The first-order valence-electron chi connectivity index (χ1n) is 25.2. The topological polar surface area (TPSA) is 236 Å². The normalized spacial score (nSPS) is 16.8. The molecule has 3 atom stereocenters. The molecule has 1 aliphatic carbocycles. The molecule has 1 aliphatic heterocycles. The summed E-state index contributed by atoms with van der Waals surface area (Å²) < 4.78 is 24.9. The molecule has 8 rings (SSSR count). The number of aliphatic hydroxyl groups excluding tert-OH is 1. The van der Waals surface area contributed by atoms with Crippen LogP contribution in [0.2, 0.25) is 0 Å². The fourth-order valence-electron chi connectivity index (χ4n) is 9.34. The molecule has 2 aliphatic rings. The van der Waals surface area contributed by atoms with Gasteiger partial charge in [-0.2, -0.15) is 0 Å². The largest absolute Gasteiger partial charge is 0.391 e. The highest BCUT2D eigenvalue weighted by Gasteiger charge is 2.44. The molecule has 0 spiro atoms. The number of amides is 3. The van der Waals surface area contributed by atoms with Crippen LogP contribution in [0.15, 0.2) is 77.4 Å². The van der Waals surface area contributed by atoms with E-state index < -0.39 is 35.4 Å². The maximum absolute atomic E-state index is 14.0. The summed E-state index contributed by atoms with van der Waals surface area (Å²) in [5.74, 6) is -0.153. The Hall–Kier alpha value is -6.29. The molecule has 5 heterocycles.